The van der Waals surface area contributed by atoms with Gasteiger partial charge in [0.25, 0.3) is 5.91 Å². The number of ether oxygens (including phenoxy) is 1. The Labute approximate surface area is 113 Å². The van der Waals surface area contributed by atoms with E-state index >= 15 is 0 Å². The zero-order valence-electron chi connectivity index (χ0n) is 11.5. The molecule has 2 unspecified atom stereocenters. The molecule has 1 aromatic rings. The molecule has 5 nitrogen and oxygen atoms in total. The van der Waals surface area contributed by atoms with Gasteiger partial charge in [-0.2, -0.15) is 0 Å². The molecular weight excluding hydrogens is 242 g/mol. The quantitative estimate of drug-likeness (QED) is 0.892. The first-order valence-electron chi connectivity index (χ1n) is 6.68. The van der Waals surface area contributed by atoms with E-state index in [0.29, 0.717) is 23.8 Å². The normalized spacial score (nSPS) is 23.2. The molecule has 0 spiro atoms. The van der Waals surface area contributed by atoms with E-state index in [4.69, 9.17) is 10.5 Å². The van der Waals surface area contributed by atoms with E-state index in [1.165, 1.54) is 0 Å². The fraction of sp³-hybridized carbons (Fsp3) is 0.571. The molecule has 2 atom stereocenters. The fourth-order valence-corrected chi connectivity index (χ4v) is 2.73. The van der Waals surface area contributed by atoms with Crippen LogP contribution in [0.4, 0.5) is 0 Å². The Morgan fingerprint density at radius 1 is 1.63 bits per heavy atom. The van der Waals surface area contributed by atoms with Gasteiger partial charge in [-0.1, -0.05) is 6.92 Å². The van der Waals surface area contributed by atoms with Gasteiger partial charge in [0, 0.05) is 25.3 Å². The van der Waals surface area contributed by atoms with Gasteiger partial charge in [-0.3, -0.25) is 9.78 Å². The van der Waals surface area contributed by atoms with Gasteiger partial charge >= 0.3 is 0 Å². The number of carbonyl (C=O) groups excluding carboxylic acids is 1. The van der Waals surface area contributed by atoms with E-state index < -0.39 is 0 Å². The Balaban J connectivity index is 2.27. The van der Waals surface area contributed by atoms with Crippen molar-refractivity contribution in [2.24, 2.45) is 11.7 Å². The van der Waals surface area contributed by atoms with Crippen LogP contribution in [0.3, 0.4) is 0 Å². The number of pyridine rings is 1. The average Bonchev–Trinajstić information content (AvgIpc) is 2.46. The number of nitrogens with zero attached hydrogens (tertiary/aromatic N) is 2. The number of amides is 1. The highest BCUT2D eigenvalue weighted by Gasteiger charge is 2.32. The van der Waals surface area contributed by atoms with Crippen molar-refractivity contribution in [3.8, 4) is 5.75 Å². The lowest BCUT2D eigenvalue weighted by atomic mass is 9.90. The largest absolute Gasteiger partial charge is 0.494 e. The summed E-state index contributed by atoms with van der Waals surface area (Å²) in [4.78, 5) is 18.5. The maximum atomic E-state index is 12.7. The average molecular weight is 263 g/mol. The van der Waals surface area contributed by atoms with Crippen molar-refractivity contribution in [2.75, 3.05) is 20.2 Å². The number of methoxy groups -OCH3 is 1. The summed E-state index contributed by atoms with van der Waals surface area (Å²) >= 11 is 0. The highest BCUT2D eigenvalue weighted by Crippen LogP contribution is 2.26. The van der Waals surface area contributed by atoms with Gasteiger partial charge in [0.05, 0.1) is 18.9 Å². The summed E-state index contributed by atoms with van der Waals surface area (Å²) in [5.41, 5.74) is 6.39. The van der Waals surface area contributed by atoms with Crippen LogP contribution in [0.25, 0.3) is 0 Å². The molecule has 0 radical (unpaired) electrons. The monoisotopic (exact) mass is 263 g/mol. The maximum absolute atomic E-state index is 12.7. The van der Waals surface area contributed by atoms with E-state index in [1.807, 2.05) is 4.90 Å². The Kier molecular flexibility index (Phi) is 4.37. The van der Waals surface area contributed by atoms with Gasteiger partial charge in [-0.25, -0.2) is 0 Å². The Morgan fingerprint density at radius 2 is 2.42 bits per heavy atom. The van der Waals surface area contributed by atoms with Crippen molar-refractivity contribution < 1.29 is 9.53 Å². The molecule has 19 heavy (non-hydrogen) atoms. The van der Waals surface area contributed by atoms with Crippen LogP contribution in [0.5, 0.6) is 5.75 Å². The van der Waals surface area contributed by atoms with Crippen molar-refractivity contribution in [3.05, 3.63) is 24.0 Å². The molecular formula is C14H21N3O2. The maximum Gasteiger partial charge on any atom is 0.258 e. The van der Waals surface area contributed by atoms with Crippen LogP contribution >= 0.6 is 0 Å². The zero-order valence-corrected chi connectivity index (χ0v) is 11.5. The zero-order chi connectivity index (χ0) is 13.8. The molecule has 2 heterocycles. The third-order valence-corrected chi connectivity index (χ3v) is 3.85. The lowest BCUT2D eigenvalue weighted by Crippen LogP contribution is -2.51. The molecule has 0 bridgehead atoms. The minimum atomic E-state index is -0.0127. The SMILES string of the molecule is COc1cnccc1C(=O)N1CCCC(C)C1CN. The van der Waals surface area contributed by atoms with Crippen molar-refractivity contribution >= 4 is 5.91 Å². The summed E-state index contributed by atoms with van der Waals surface area (Å²) in [6.45, 7) is 3.41. The van der Waals surface area contributed by atoms with E-state index in [1.54, 1.807) is 25.6 Å². The summed E-state index contributed by atoms with van der Waals surface area (Å²) in [5, 5.41) is 0. The van der Waals surface area contributed by atoms with Crippen LogP contribution in [0, 0.1) is 5.92 Å². The molecule has 1 saturated heterocycles. The van der Waals surface area contributed by atoms with Crippen LogP contribution in [-0.4, -0.2) is 42.0 Å². The van der Waals surface area contributed by atoms with E-state index in [0.717, 1.165) is 19.4 Å². The van der Waals surface area contributed by atoms with Crippen LogP contribution in [-0.2, 0) is 0 Å². The summed E-state index contributed by atoms with van der Waals surface area (Å²) < 4.78 is 5.21. The van der Waals surface area contributed by atoms with Gasteiger partial charge < -0.3 is 15.4 Å². The number of aromatic nitrogens is 1. The van der Waals surface area contributed by atoms with E-state index in [9.17, 15) is 4.79 Å². The van der Waals surface area contributed by atoms with Crippen molar-refractivity contribution in [3.63, 3.8) is 0 Å². The Bertz CT molecular complexity index is 450. The first-order valence-corrected chi connectivity index (χ1v) is 6.68. The van der Waals surface area contributed by atoms with Crippen LogP contribution in [0.2, 0.25) is 0 Å². The van der Waals surface area contributed by atoms with E-state index in [2.05, 4.69) is 11.9 Å². The van der Waals surface area contributed by atoms with Gasteiger partial charge in [-0.05, 0) is 24.8 Å². The Morgan fingerprint density at radius 3 is 3.11 bits per heavy atom. The molecule has 1 aliphatic rings. The second-order valence-corrected chi connectivity index (χ2v) is 5.00. The third-order valence-electron chi connectivity index (χ3n) is 3.85. The predicted molar refractivity (Wildman–Crippen MR) is 73.1 cm³/mol. The van der Waals surface area contributed by atoms with Gasteiger partial charge in [0.2, 0.25) is 0 Å². The molecule has 1 aromatic heterocycles. The van der Waals surface area contributed by atoms with Gasteiger partial charge in [-0.15, -0.1) is 0 Å². The van der Waals surface area contributed by atoms with Crippen molar-refractivity contribution in [1.82, 2.24) is 9.88 Å². The van der Waals surface area contributed by atoms with Crippen LogP contribution < -0.4 is 10.5 Å². The first kappa shape index (κ1) is 13.8. The molecule has 1 fully saturated rings. The minimum absolute atomic E-state index is 0.0127. The first-order chi connectivity index (χ1) is 9.19. The molecule has 1 aliphatic heterocycles. The molecule has 104 valence electrons. The van der Waals surface area contributed by atoms with Crippen LogP contribution in [0.15, 0.2) is 18.5 Å². The predicted octanol–water partition coefficient (Wildman–Crippen LogP) is 1.29. The lowest BCUT2D eigenvalue weighted by Gasteiger charge is -2.39. The van der Waals surface area contributed by atoms with Gasteiger partial charge in [0.1, 0.15) is 5.75 Å². The fourth-order valence-electron chi connectivity index (χ4n) is 2.73. The number of hydrogen-bond acceptors (Lipinski definition) is 4. The molecule has 2 N–H and O–H groups in total. The molecule has 1 amide bonds. The number of piperidine rings is 1. The second-order valence-electron chi connectivity index (χ2n) is 5.00. The number of likely N-dealkylation sites (tertiary alicyclic amines) is 1. The summed E-state index contributed by atoms with van der Waals surface area (Å²) in [5.74, 6) is 0.943. The standard InChI is InChI=1S/C14H21N3O2/c1-10-4-3-7-17(12(10)8-15)14(18)11-5-6-16-9-13(11)19-2/h5-6,9-10,12H,3-4,7-8,15H2,1-2H3. The number of carbonyl (C=O) groups is 1. The smallest absolute Gasteiger partial charge is 0.258 e. The highest BCUT2D eigenvalue weighted by atomic mass is 16.5. The summed E-state index contributed by atoms with van der Waals surface area (Å²) in [6.07, 6.45) is 5.33. The second kappa shape index (κ2) is 6.02. The number of hydrogen-bond donors (Lipinski definition) is 1. The van der Waals surface area contributed by atoms with Crippen molar-refractivity contribution in [1.29, 1.82) is 0 Å². The van der Waals surface area contributed by atoms with Crippen LogP contribution in [0.1, 0.15) is 30.1 Å². The molecule has 0 aliphatic carbocycles. The molecule has 0 aromatic carbocycles. The number of nitrogens with two attached hydrogens (primary N) is 1. The highest BCUT2D eigenvalue weighted by molar-refractivity contribution is 5.97. The summed E-state index contributed by atoms with van der Waals surface area (Å²) in [6, 6.07) is 1.81. The molecule has 2 rings (SSSR count). The van der Waals surface area contributed by atoms with Crippen molar-refractivity contribution in [2.45, 2.75) is 25.8 Å². The third kappa shape index (κ3) is 2.71. The van der Waals surface area contributed by atoms with E-state index in [-0.39, 0.29) is 11.9 Å². The Hall–Kier alpha value is -1.62. The molecule has 5 heteroatoms. The van der Waals surface area contributed by atoms with Gasteiger partial charge in [0.15, 0.2) is 0 Å². The lowest BCUT2D eigenvalue weighted by molar-refractivity contribution is 0.0529. The topological polar surface area (TPSA) is 68.5 Å². The summed E-state index contributed by atoms with van der Waals surface area (Å²) in [7, 11) is 1.55. The molecule has 0 saturated carbocycles. The minimum Gasteiger partial charge on any atom is -0.494 e. The number of rotatable bonds is 3.